The van der Waals surface area contributed by atoms with E-state index in [0.29, 0.717) is 17.8 Å². The van der Waals surface area contributed by atoms with Crippen molar-refractivity contribution in [2.24, 2.45) is 0 Å². The van der Waals surface area contributed by atoms with Crippen molar-refractivity contribution in [1.29, 1.82) is 0 Å². The van der Waals surface area contributed by atoms with Gasteiger partial charge >= 0.3 is 0 Å². The van der Waals surface area contributed by atoms with E-state index >= 15 is 0 Å². The molecule has 0 aliphatic rings. The molecule has 5 nitrogen and oxygen atoms in total. The number of aliphatic hydroxyl groups is 1. The van der Waals surface area contributed by atoms with Gasteiger partial charge in [-0.3, -0.25) is 4.79 Å². The van der Waals surface area contributed by atoms with Crippen molar-refractivity contribution in [2.45, 2.75) is 12.5 Å². The second kappa shape index (κ2) is 6.23. The molecule has 6 heteroatoms. The first-order valence-electron chi connectivity index (χ1n) is 5.56. The summed E-state index contributed by atoms with van der Waals surface area (Å²) in [5.74, 6) is -0.203. The smallest absolute Gasteiger partial charge is 0.264 e. The van der Waals surface area contributed by atoms with Gasteiger partial charge in [0.2, 0.25) is 0 Å². The molecule has 1 heterocycles. The van der Waals surface area contributed by atoms with Crippen LogP contribution in [-0.2, 0) is 0 Å². The molecule has 0 saturated heterocycles. The van der Waals surface area contributed by atoms with E-state index in [-0.39, 0.29) is 5.91 Å². The van der Waals surface area contributed by atoms with E-state index in [1.807, 2.05) is 30.3 Å². The molecule has 1 unspecified atom stereocenters. The number of hydrogen-bond donors (Lipinski definition) is 2. The van der Waals surface area contributed by atoms with E-state index in [2.05, 4.69) is 14.9 Å². The number of aromatic nitrogens is 2. The minimum atomic E-state index is -0.564. The fourth-order valence-corrected chi connectivity index (χ4v) is 1.95. The third-order valence-corrected chi connectivity index (χ3v) is 3.14. The normalized spacial score (nSPS) is 12.1. The molecule has 0 aliphatic heterocycles. The van der Waals surface area contributed by atoms with Gasteiger partial charge in [0.25, 0.3) is 5.91 Å². The van der Waals surface area contributed by atoms with Crippen LogP contribution in [0.1, 0.15) is 27.8 Å². The number of aliphatic hydroxyl groups excluding tert-OH is 1. The number of carbonyl (C=O) groups excluding carboxylic acids is 1. The standard InChI is InChI=1S/C12H13N3O2S/c16-10(9-4-2-1-3-5-9)6-7-13-12(17)11-8-14-15-18-11/h1-5,8,10,16H,6-7H2,(H,13,17). The fourth-order valence-electron chi connectivity index (χ4n) is 1.52. The fraction of sp³-hybridized carbons (Fsp3) is 0.250. The molecule has 1 amide bonds. The molecular formula is C12H13N3O2S. The van der Waals surface area contributed by atoms with Gasteiger partial charge in [-0.1, -0.05) is 34.8 Å². The summed E-state index contributed by atoms with van der Waals surface area (Å²) in [6.07, 6.45) is 1.33. The number of benzene rings is 1. The topological polar surface area (TPSA) is 75.1 Å². The number of hydrogen-bond acceptors (Lipinski definition) is 5. The zero-order valence-corrected chi connectivity index (χ0v) is 10.4. The van der Waals surface area contributed by atoms with Crippen LogP contribution in [0.25, 0.3) is 0 Å². The Kier molecular flexibility index (Phi) is 4.38. The third kappa shape index (κ3) is 3.35. The van der Waals surface area contributed by atoms with Gasteiger partial charge in [0.15, 0.2) is 0 Å². The van der Waals surface area contributed by atoms with Crippen LogP contribution in [0.3, 0.4) is 0 Å². The van der Waals surface area contributed by atoms with Crippen LogP contribution >= 0.6 is 11.5 Å². The Labute approximate surface area is 109 Å². The molecule has 18 heavy (non-hydrogen) atoms. The second-order valence-corrected chi connectivity index (χ2v) is 4.54. The van der Waals surface area contributed by atoms with Crippen LogP contribution in [0, 0.1) is 0 Å². The van der Waals surface area contributed by atoms with Crippen LogP contribution in [0.15, 0.2) is 36.5 Å². The summed E-state index contributed by atoms with van der Waals surface area (Å²) < 4.78 is 3.62. The lowest BCUT2D eigenvalue weighted by atomic mass is 10.1. The Morgan fingerprint density at radius 2 is 2.17 bits per heavy atom. The summed E-state index contributed by atoms with van der Waals surface area (Å²) >= 11 is 1.05. The zero-order valence-electron chi connectivity index (χ0n) is 9.61. The lowest BCUT2D eigenvalue weighted by Gasteiger charge is -2.10. The number of rotatable bonds is 5. The maximum absolute atomic E-state index is 11.6. The minimum Gasteiger partial charge on any atom is -0.388 e. The highest BCUT2D eigenvalue weighted by Crippen LogP contribution is 2.15. The summed E-state index contributed by atoms with van der Waals surface area (Å²) in [7, 11) is 0. The van der Waals surface area contributed by atoms with Crippen molar-refractivity contribution >= 4 is 17.4 Å². The maximum atomic E-state index is 11.6. The van der Waals surface area contributed by atoms with Gasteiger partial charge in [0, 0.05) is 6.54 Å². The van der Waals surface area contributed by atoms with E-state index in [4.69, 9.17) is 0 Å². The summed E-state index contributed by atoms with van der Waals surface area (Å²) in [5, 5.41) is 16.2. The largest absolute Gasteiger partial charge is 0.388 e. The van der Waals surface area contributed by atoms with Gasteiger partial charge < -0.3 is 10.4 Å². The Balaban J connectivity index is 1.77. The monoisotopic (exact) mass is 263 g/mol. The van der Waals surface area contributed by atoms with Crippen LogP contribution in [0.5, 0.6) is 0 Å². The van der Waals surface area contributed by atoms with E-state index in [1.165, 1.54) is 6.20 Å². The average molecular weight is 263 g/mol. The van der Waals surface area contributed by atoms with Gasteiger partial charge in [-0.05, 0) is 23.5 Å². The van der Waals surface area contributed by atoms with Gasteiger partial charge in [-0.2, -0.15) is 0 Å². The predicted octanol–water partition coefficient (Wildman–Crippen LogP) is 1.39. The summed E-state index contributed by atoms with van der Waals surface area (Å²) in [4.78, 5) is 12.0. The van der Waals surface area contributed by atoms with E-state index in [1.54, 1.807) is 0 Å². The first kappa shape index (κ1) is 12.7. The maximum Gasteiger partial charge on any atom is 0.264 e. The molecular weight excluding hydrogens is 250 g/mol. The molecule has 0 aliphatic carbocycles. The van der Waals surface area contributed by atoms with E-state index < -0.39 is 6.10 Å². The Morgan fingerprint density at radius 3 is 2.83 bits per heavy atom. The average Bonchev–Trinajstić information content (AvgIpc) is 2.93. The molecule has 1 aromatic carbocycles. The molecule has 94 valence electrons. The van der Waals surface area contributed by atoms with Gasteiger partial charge in [0.05, 0.1) is 12.3 Å². The molecule has 0 bridgehead atoms. The predicted molar refractivity (Wildman–Crippen MR) is 68.3 cm³/mol. The number of nitrogens with zero attached hydrogens (tertiary/aromatic N) is 2. The van der Waals surface area contributed by atoms with Gasteiger partial charge in [0.1, 0.15) is 4.88 Å². The van der Waals surface area contributed by atoms with Crippen molar-refractivity contribution in [3.8, 4) is 0 Å². The van der Waals surface area contributed by atoms with Crippen molar-refractivity contribution in [2.75, 3.05) is 6.54 Å². The minimum absolute atomic E-state index is 0.203. The van der Waals surface area contributed by atoms with Crippen molar-refractivity contribution < 1.29 is 9.90 Å². The Morgan fingerprint density at radius 1 is 1.39 bits per heavy atom. The molecule has 2 aromatic rings. The zero-order chi connectivity index (χ0) is 12.8. The molecule has 0 spiro atoms. The summed E-state index contributed by atoms with van der Waals surface area (Å²) in [6, 6.07) is 9.37. The number of amides is 1. The Hall–Kier alpha value is -1.79. The lowest BCUT2D eigenvalue weighted by Crippen LogP contribution is -2.24. The third-order valence-electron chi connectivity index (χ3n) is 2.47. The highest BCUT2D eigenvalue weighted by molar-refractivity contribution is 7.07. The van der Waals surface area contributed by atoms with Gasteiger partial charge in [-0.25, -0.2) is 0 Å². The summed E-state index contributed by atoms with van der Waals surface area (Å²) in [5.41, 5.74) is 0.853. The van der Waals surface area contributed by atoms with E-state index in [0.717, 1.165) is 17.1 Å². The highest BCUT2D eigenvalue weighted by Gasteiger charge is 2.10. The number of nitrogens with one attached hydrogen (secondary N) is 1. The molecule has 1 atom stereocenters. The van der Waals surface area contributed by atoms with Crippen LogP contribution in [-0.4, -0.2) is 27.1 Å². The molecule has 0 fully saturated rings. The molecule has 0 radical (unpaired) electrons. The summed E-state index contributed by atoms with van der Waals surface area (Å²) in [6.45, 7) is 0.410. The quantitative estimate of drug-likeness (QED) is 0.855. The SMILES string of the molecule is O=C(NCCC(O)c1ccccc1)c1cnns1. The molecule has 2 N–H and O–H groups in total. The van der Waals surface area contributed by atoms with Crippen molar-refractivity contribution in [1.82, 2.24) is 14.9 Å². The van der Waals surface area contributed by atoms with E-state index in [9.17, 15) is 9.90 Å². The van der Waals surface area contributed by atoms with Crippen LogP contribution in [0.4, 0.5) is 0 Å². The van der Waals surface area contributed by atoms with Crippen LogP contribution < -0.4 is 5.32 Å². The van der Waals surface area contributed by atoms with Gasteiger partial charge in [-0.15, -0.1) is 5.10 Å². The van der Waals surface area contributed by atoms with Crippen molar-refractivity contribution in [3.05, 3.63) is 47.0 Å². The highest BCUT2D eigenvalue weighted by atomic mass is 32.1. The number of carbonyl (C=O) groups is 1. The van der Waals surface area contributed by atoms with Crippen molar-refractivity contribution in [3.63, 3.8) is 0 Å². The van der Waals surface area contributed by atoms with Crippen LogP contribution in [0.2, 0.25) is 0 Å². The second-order valence-electron chi connectivity index (χ2n) is 3.75. The molecule has 2 rings (SSSR count). The Bertz CT molecular complexity index is 487. The lowest BCUT2D eigenvalue weighted by molar-refractivity contribution is 0.0946. The first-order valence-corrected chi connectivity index (χ1v) is 6.33. The first-order chi connectivity index (χ1) is 8.77. The molecule has 1 aromatic heterocycles. The molecule has 0 saturated carbocycles.